The van der Waals surface area contributed by atoms with Crippen molar-refractivity contribution in [2.75, 3.05) is 13.7 Å². The molecule has 2 fully saturated rings. The lowest BCUT2D eigenvalue weighted by molar-refractivity contribution is -0.141. The summed E-state index contributed by atoms with van der Waals surface area (Å²) in [4.78, 5) is 49.1. The van der Waals surface area contributed by atoms with Crippen LogP contribution in [0.2, 0.25) is 0 Å². The van der Waals surface area contributed by atoms with Gasteiger partial charge in [-0.05, 0) is 24.6 Å². The van der Waals surface area contributed by atoms with Crippen molar-refractivity contribution in [3.8, 4) is 0 Å². The molecule has 4 amide bonds. The Bertz CT molecular complexity index is 794. The number of methoxy groups -OCH3 is 1. The van der Waals surface area contributed by atoms with Gasteiger partial charge in [-0.25, -0.2) is 9.59 Å². The van der Waals surface area contributed by atoms with E-state index in [0.29, 0.717) is 5.56 Å². The number of carboxylic acids is 1. The molecule has 0 aromatic heterocycles. The van der Waals surface area contributed by atoms with Crippen molar-refractivity contribution in [3.05, 3.63) is 35.4 Å². The average molecular weight is 361 g/mol. The molecule has 2 aliphatic rings. The number of carbonyl (C=O) groups is 4. The molecule has 0 radical (unpaired) electrons. The van der Waals surface area contributed by atoms with Gasteiger partial charge in [-0.2, -0.15) is 0 Å². The zero-order valence-corrected chi connectivity index (χ0v) is 14.3. The highest BCUT2D eigenvalue weighted by Gasteiger charge is 2.44. The Labute approximate surface area is 149 Å². The lowest BCUT2D eigenvalue weighted by Crippen LogP contribution is -2.42. The zero-order chi connectivity index (χ0) is 19.1. The van der Waals surface area contributed by atoms with Crippen molar-refractivity contribution >= 4 is 23.8 Å². The minimum absolute atomic E-state index is 0.172. The average Bonchev–Trinajstić information content (AvgIpc) is 3.16. The van der Waals surface area contributed by atoms with E-state index in [1.165, 1.54) is 25.0 Å². The van der Waals surface area contributed by atoms with Gasteiger partial charge < -0.3 is 20.1 Å². The molecule has 1 aromatic rings. The molecule has 0 bridgehead atoms. The Balaban J connectivity index is 1.90. The molecule has 2 saturated heterocycles. The number of imide groups is 1. The molecule has 26 heavy (non-hydrogen) atoms. The number of nitrogens with one attached hydrogen (secondary N) is 2. The van der Waals surface area contributed by atoms with Crippen molar-refractivity contribution in [2.24, 2.45) is 0 Å². The number of aliphatic carboxylic acids is 1. The van der Waals surface area contributed by atoms with E-state index in [2.05, 4.69) is 10.6 Å². The Morgan fingerprint density at radius 2 is 2.08 bits per heavy atom. The molecule has 138 valence electrons. The van der Waals surface area contributed by atoms with Crippen LogP contribution in [0.25, 0.3) is 0 Å². The normalized spacial score (nSPS) is 28.0. The van der Waals surface area contributed by atoms with E-state index in [1.807, 2.05) is 0 Å². The number of likely N-dealkylation sites (tertiary alicyclic amines) is 1. The molecule has 3 N–H and O–H groups in total. The number of rotatable bonds is 4. The van der Waals surface area contributed by atoms with Gasteiger partial charge >= 0.3 is 12.0 Å². The lowest BCUT2D eigenvalue weighted by atomic mass is 9.91. The Morgan fingerprint density at radius 1 is 1.35 bits per heavy atom. The second-order valence-corrected chi connectivity index (χ2v) is 6.52. The van der Waals surface area contributed by atoms with Gasteiger partial charge in [0, 0.05) is 25.6 Å². The largest absolute Gasteiger partial charge is 0.480 e. The number of amides is 4. The molecule has 0 aliphatic carbocycles. The molecule has 3 rings (SSSR count). The van der Waals surface area contributed by atoms with Crippen LogP contribution in [-0.2, 0) is 19.9 Å². The minimum Gasteiger partial charge on any atom is -0.480 e. The van der Waals surface area contributed by atoms with Crippen LogP contribution in [0.5, 0.6) is 0 Å². The molecule has 0 saturated carbocycles. The first kappa shape index (κ1) is 17.9. The van der Waals surface area contributed by atoms with E-state index < -0.39 is 35.4 Å². The lowest BCUT2D eigenvalue weighted by Gasteiger charge is -2.24. The highest BCUT2D eigenvalue weighted by atomic mass is 16.5. The summed E-state index contributed by atoms with van der Waals surface area (Å²) in [6.07, 6.45) is -0.131. The van der Waals surface area contributed by atoms with E-state index >= 15 is 0 Å². The summed E-state index contributed by atoms with van der Waals surface area (Å²) in [6.45, 7) is 1.71. The van der Waals surface area contributed by atoms with Crippen molar-refractivity contribution < 1.29 is 29.0 Å². The molecule has 2 heterocycles. The molecule has 2 aliphatic heterocycles. The molecular formula is C17H19N3O6. The third-order valence-electron chi connectivity index (χ3n) is 4.87. The summed E-state index contributed by atoms with van der Waals surface area (Å²) in [5.41, 5.74) is -0.624. The van der Waals surface area contributed by atoms with Gasteiger partial charge in [-0.15, -0.1) is 0 Å². The van der Waals surface area contributed by atoms with Gasteiger partial charge in [0.05, 0.1) is 6.10 Å². The van der Waals surface area contributed by atoms with Gasteiger partial charge in [0.2, 0.25) is 0 Å². The minimum atomic E-state index is -1.29. The Morgan fingerprint density at radius 3 is 2.65 bits per heavy atom. The standard InChI is InChI=1S/C17H19N3O6/c1-17(15(24)18-16(25)19-17)10-5-3-4-9(6-10)13(21)20-8-11(26-2)7-12(20)14(22)23/h3-6,11-12H,7-8H2,1-2H3,(H,22,23)(H2,18,19,24,25). The predicted molar refractivity (Wildman–Crippen MR) is 88.3 cm³/mol. The summed E-state index contributed by atoms with van der Waals surface area (Å²) >= 11 is 0. The first-order valence-electron chi connectivity index (χ1n) is 8.07. The second-order valence-electron chi connectivity index (χ2n) is 6.52. The fraction of sp³-hybridized carbons (Fsp3) is 0.412. The van der Waals surface area contributed by atoms with Crippen LogP contribution in [0, 0.1) is 0 Å². The quantitative estimate of drug-likeness (QED) is 0.651. The zero-order valence-electron chi connectivity index (χ0n) is 14.3. The number of ether oxygens (including phenoxy) is 1. The van der Waals surface area contributed by atoms with Gasteiger partial charge in [0.1, 0.15) is 11.6 Å². The number of benzene rings is 1. The van der Waals surface area contributed by atoms with E-state index in [4.69, 9.17) is 4.74 Å². The SMILES string of the molecule is COC1CC(C(=O)O)N(C(=O)c2cccc(C3(C)NC(=O)NC3=O)c2)C1. The van der Waals surface area contributed by atoms with Crippen LogP contribution >= 0.6 is 0 Å². The maximum absolute atomic E-state index is 12.9. The first-order chi connectivity index (χ1) is 12.3. The van der Waals surface area contributed by atoms with Gasteiger partial charge in [0.25, 0.3) is 11.8 Å². The first-order valence-corrected chi connectivity index (χ1v) is 8.07. The second kappa shape index (κ2) is 6.41. The fourth-order valence-electron chi connectivity index (χ4n) is 3.30. The topological polar surface area (TPSA) is 125 Å². The van der Waals surface area contributed by atoms with Gasteiger partial charge in [-0.1, -0.05) is 12.1 Å². The molecule has 9 nitrogen and oxygen atoms in total. The summed E-state index contributed by atoms with van der Waals surface area (Å²) in [6, 6.07) is 4.67. The Hall–Kier alpha value is -2.94. The number of urea groups is 1. The Kier molecular flexibility index (Phi) is 4.41. The molecule has 0 spiro atoms. The van der Waals surface area contributed by atoms with Crippen molar-refractivity contribution in [2.45, 2.75) is 31.0 Å². The highest BCUT2D eigenvalue weighted by molar-refractivity contribution is 6.07. The molecule has 3 unspecified atom stereocenters. The predicted octanol–water partition coefficient (Wildman–Crippen LogP) is 0.0553. The monoisotopic (exact) mass is 361 g/mol. The number of carboxylic acid groups (broad SMARTS) is 1. The van der Waals surface area contributed by atoms with Crippen LogP contribution in [0.4, 0.5) is 4.79 Å². The van der Waals surface area contributed by atoms with Crippen LogP contribution in [0.15, 0.2) is 24.3 Å². The number of hydrogen-bond acceptors (Lipinski definition) is 5. The van der Waals surface area contributed by atoms with E-state index in [-0.39, 0.29) is 24.6 Å². The van der Waals surface area contributed by atoms with Crippen molar-refractivity contribution in [1.82, 2.24) is 15.5 Å². The van der Waals surface area contributed by atoms with Gasteiger partial charge in [0.15, 0.2) is 0 Å². The maximum atomic E-state index is 12.9. The van der Waals surface area contributed by atoms with E-state index in [9.17, 15) is 24.3 Å². The number of hydrogen-bond donors (Lipinski definition) is 3. The number of nitrogens with zero attached hydrogens (tertiary/aromatic N) is 1. The molecular weight excluding hydrogens is 342 g/mol. The van der Waals surface area contributed by atoms with E-state index in [0.717, 1.165) is 0 Å². The summed E-state index contributed by atoms with van der Waals surface area (Å²) < 4.78 is 5.20. The third kappa shape index (κ3) is 2.90. The molecule has 3 atom stereocenters. The summed E-state index contributed by atoms with van der Waals surface area (Å²) in [5.74, 6) is -2.08. The smallest absolute Gasteiger partial charge is 0.326 e. The summed E-state index contributed by atoms with van der Waals surface area (Å²) in [5, 5.41) is 14.1. The number of carbonyl (C=O) groups excluding carboxylic acids is 3. The third-order valence-corrected chi connectivity index (χ3v) is 4.87. The van der Waals surface area contributed by atoms with Crippen molar-refractivity contribution in [1.29, 1.82) is 0 Å². The van der Waals surface area contributed by atoms with Crippen LogP contribution in [0.1, 0.15) is 29.3 Å². The van der Waals surface area contributed by atoms with Gasteiger partial charge in [-0.3, -0.25) is 14.9 Å². The van der Waals surface area contributed by atoms with E-state index in [1.54, 1.807) is 18.2 Å². The highest BCUT2D eigenvalue weighted by Crippen LogP contribution is 2.27. The van der Waals surface area contributed by atoms with Crippen molar-refractivity contribution in [3.63, 3.8) is 0 Å². The summed E-state index contributed by atoms with van der Waals surface area (Å²) in [7, 11) is 1.47. The van der Waals surface area contributed by atoms with Crippen LogP contribution < -0.4 is 10.6 Å². The van der Waals surface area contributed by atoms with Crippen LogP contribution in [-0.4, -0.2) is 59.6 Å². The maximum Gasteiger partial charge on any atom is 0.326 e. The molecule has 9 heteroatoms. The molecule has 1 aromatic carbocycles. The van der Waals surface area contributed by atoms with Crippen LogP contribution in [0.3, 0.4) is 0 Å². The fourth-order valence-corrected chi connectivity index (χ4v) is 3.30.